The van der Waals surface area contributed by atoms with Crippen LogP contribution in [-0.2, 0) is 0 Å². The van der Waals surface area contributed by atoms with Gasteiger partial charge in [0, 0.05) is 50.5 Å². The highest BCUT2D eigenvalue weighted by Gasteiger charge is 2.44. The van der Waals surface area contributed by atoms with E-state index in [0.29, 0.717) is 0 Å². The van der Waals surface area contributed by atoms with Crippen LogP contribution < -0.4 is 20.2 Å². The van der Waals surface area contributed by atoms with Crippen LogP contribution in [0.15, 0.2) is 186 Å². The van der Waals surface area contributed by atoms with Gasteiger partial charge in [0.05, 0.1) is 11.4 Å². The van der Waals surface area contributed by atoms with E-state index in [4.69, 9.17) is 4.42 Å². The predicted molar refractivity (Wildman–Crippen MR) is 223 cm³/mol. The van der Waals surface area contributed by atoms with Crippen molar-refractivity contribution in [1.82, 2.24) is 0 Å². The number of para-hydroxylation sites is 4. The fourth-order valence-electron chi connectivity index (χ4n) is 8.60. The Bertz CT molecular complexity index is 2680. The number of anilines is 6. The Balaban J connectivity index is 1.27. The molecule has 3 nitrogen and oxygen atoms in total. The molecule has 0 unspecified atom stereocenters. The number of benzene rings is 8. The zero-order valence-corrected chi connectivity index (χ0v) is 30.1. The fraction of sp³-hybridized carbons (Fsp3) is 0.0417. The van der Waals surface area contributed by atoms with Crippen LogP contribution in [0.1, 0.15) is 0 Å². The van der Waals surface area contributed by atoms with Gasteiger partial charge in [-0.3, -0.25) is 0 Å². The van der Waals surface area contributed by atoms with Gasteiger partial charge in [-0.05, 0) is 75.7 Å². The number of fused-ring (bicyclic) bond motifs is 9. The third-order valence-electron chi connectivity index (χ3n) is 10.7. The van der Waals surface area contributed by atoms with Crippen molar-refractivity contribution >= 4 is 85.1 Å². The number of rotatable bonds is 6. The zero-order chi connectivity index (χ0) is 34.8. The molecule has 0 radical (unpaired) electrons. The maximum Gasteiger partial charge on any atom is 0.137 e. The van der Waals surface area contributed by atoms with Crippen molar-refractivity contribution in [2.24, 2.45) is 0 Å². The van der Waals surface area contributed by atoms with Gasteiger partial charge in [-0.15, -0.1) is 0 Å². The second kappa shape index (κ2) is 11.9. The van der Waals surface area contributed by atoms with Gasteiger partial charge in [0.1, 0.15) is 19.4 Å². The molecule has 0 spiro atoms. The van der Waals surface area contributed by atoms with Crippen molar-refractivity contribution in [3.63, 3.8) is 0 Å². The van der Waals surface area contributed by atoms with Crippen molar-refractivity contribution < 1.29 is 4.42 Å². The predicted octanol–water partition coefficient (Wildman–Crippen LogP) is 12.5. The zero-order valence-electron chi connectivity index (χ0n) is 29.1. The van der Waals surface area contributed by atoms with E-state index in [2.05, 4.69) is 205 Å². The van der Waals surface area contributed by atoms with E-state index in [1.807, 2.05) is 0 Å². The Morgan fingerprint density at radius 1 is 0.404 bits per heavy atom. The summed E-state index contributed by atoms with van der Waals surface area (Å²) < 4.78 is 7.23. The average molecular weight is 685 g/mol. The molecule has 0 amide bonds. The molecule has 52 heavy (non-hydrogen) atoms. The molecule has 0 saturated heterocycles. The molecule has 0 atom stereocenters. The average Bonchev–Trinajstić information content (AvgIpc) is 3.70. The second-order valence-electron chi connectivity index (χ2n) is 14.1. The quantitative estimate of drug-likeness (QED) is 0.163. The fourth-order valence-corrected chi connectivity index (χ4v) is 12.2. The molecule has 0 saturated carbocycles. The standard InChI is InChI=1S/C48H36N2OSi/c1-52(2)47-40-30-18-16-28-38(40)42(49(33-19-7-3-8-20-33)34-21-9-4-10-22-34)31-41(47)46-48(52)45-39-29-17-15-27-37(39)43(32-44(45)51-46)50(35-23-11-5-12-24-35)36-25-13-6-14-26-36/h3-32H,1-2H3. The Hall–Kier alpha value is -6.36. The first kappa shape index (κ1) is 30.5. The lowest BCUT2D eigenvalue weighted by Gasteiger charge is -2.29. The summed E-state index contributed by atoms with van der Waals surface area (Å²) in [7, 11) is -2.29. The molecule has 1 aliphatic heterocycles. The molecule has 1 aromatic heterocycles. The summed E-state index contributed by atoms with van der Waals surface area (Å²) in [5.41, 5.74) is 8.85. The SMILES string of the molecule is C[Si]1(C)c2c(cc(N(c3ccccc3)c3ccccc3)c3ccccc23)-c2oc3cc(N(c4ccccc4)c4ccccc4)c4ccccc4c3c21. The third-order valence-corrected chi connectivity index (χ3v) is 14.2. The Kier molecular flexibility index (Phi) is 6.95. The van der Waals surface area contributed by atoms with E-state index < -0.39 is 8.07 Å². The summed E-state index contributed by atoms with van der Waals surface area (Å²) in [5, 5.41) is 9.08. The van der Waals surface area contributed by atoms with E-state index >= 15 is 0 Å². The van der Waals surface area contributed by atoms with Crippen molar-refractivity contribution in [2.75, 3.05) is 9.80 Å². The van der Waals surface area contributed by atoms with Crippen LogP contribution in [0.2, 0.25) is 13.1 Å². The number of hydrogen-bond donors (Lipinski definition) is 0. The van der Waals surface area contributed by atoms with Gasteiger partial charge >= 0.3 is 0 Å². The van der Waals surface area contributed by atoms with E-state index in [0.717, 1.165) is 45.5 Å². The van der Waals surface area contributed by atoms with E-state index in [-0.39, 0.29) is 0 Å². The molecule has 4 heteroatoms. The molecular formula is C48H36N2OSi. The maximum absolute atomic E-state index is 7.23. The molecule has 0 bridgehead atoms. The van der Waals surface area contributed by atoms with Crippen molar-refractivity contribution in [3.8, 4) is 11.3 Å². The van der Waals surface area contributed by atoms with Gasteiger partial charge in [0.15, 0.2) is 0 Å². The van der Waals surface area contributed by atoms with E-state index in [1.54, 1.807) is 0 Å². The molecule has 1 aliphatic rings. The van der Waals surface area contributed by atoms with Crippen molar-refractivity contribution in [3.05, 3.63) is 182 Å². The van der Waals surface area contributed by atoms with Crippen LogP contribution >= 0.6 is 0 Å². The molecule has 0 aliphatic carbocycles. The lowest BCUT2D eigenvalue weighted by atomic mass is 10.00. The molecule has 10 rings (SSSR count). The van der Waals surface area contributed by atoms with Crippen LogP contribution in [0, 0.1) is 0 Å². The first-order valence-corrected chi connectivity index (χ1v) is 21.0. The summed E-state index contributed by atoms with van der Waals surface area (Å²) >= 11 is 0. The first-order chi connectivity index (χ1) is 25.6. The second-order valence-corrected chi connectivity index (χ2v) is 18.4. The third kappa shape index (κ3) is 4.58. The monoisotopic (exact) mass is 684 g/mol. The number of hydrogen-bond acceptors (Lipinski definition) is 3. The van der Waals surface area contributed by atoms with Crippen molar-refractivity contribution in [1.29, 1.82) is 0 Å². The van der Waals surface area contributed by atoms with Crippen LogP contribution in [0.4, 0.5) is 34.1 Å². The topological polar surface area (TPSA) is 19.6 Å². The lowest BCUT2D eigenvalue weighted by Crippen LogP contribution is -2.49. The van der Waals surface area contributed by atoms with Gasteiger partial charge in [-0.2, -0.15) is 0 Å². The number of nitrogens with zero attached hydrogens (tertiary/aromatic N) is 2. The summed E-state index contributed by atoms with van der Waals surface area (Å²) in [5.74, 6) is 1.02. The normalized spacial score (nSPS) is 13.0. The number of furan rings is 1. The minimum atomic E-state index is -2.29. The van der Waals surface area contributed by atoms with Gasteiger partial charge in [0.2, 0.25) is 0 Å². The highest BCUT2D eigenvalue weighted by atomic mass is 28.3. The van der Waals surface area contributed by atoms with Gasteiger partial charge in [0.25, 0.3) is 0 Å². The van der Waals surface area contributed by atoms with Gasteiger partial charge in [-0.25, -0.2) is 0 Å². The van der Waals surface area contributed by atoms with Gasteiger partial charge in [-0.1, -0.05) is 134 Å². The van der Waals surface area contributed by atoms with E-state index in [1.165, 1.54) is 42.9 Å². The minimum Gasteiger partial charge on any atom is -0.456 e. The first-order valence-electron chi connectivity index (χ1n) is 18.0. The maximum atomic E-state index is 7.23. The molecule has 248 valence electrons. The Labute approximate surface area is 304 Å². The Morgan fingerprint density at radius 3 is 1.27 bits per heavy atom. The largest absolute Gasteiger partial charge is 0.456 e. The van der Waals surface area contributed by atoms with Crippen LogP contribution in [-0.4, -0.2) is 8.07 Å². The highest BCUT2D eigenvalue weighted by molar-refractivity contribution is 7.06. The summed E-state index contributed by atoms with van der Waals surface area (Å²) in [4.78, 5) is 4.75. The van der Waals surface area contributed by atoms with Gasteiger partial charge < -0.3 is 14.2 Å². The van der Waals surface area contributed by atoms with Crippen LogP contribution in [0.25, 0.3) is 43.8 Å². The molecule has 9 aromatic rings. The van der Waals surface area contributed by atoms with Crippen LogP contribution in [0.3, 0.4) is 0 Å². The van der Waals surface area contributed by atoms with Crippen molar-refractivity contribution in [2.45, 2.75) is 13.1 Å². The molecule has 0 N–H and O–H groups in total. The minimum absolute atomic E-state index is 0.930. The highest BCUT2D eigenvalue weighted by Crippen LogP contribution is 2.48. The van der Waals surface area contributed by atoms with E-state index in [9.17, 15) is 0 Å². The summed E-state index contributed by atoms with van der Waals surface area (Å²) in [6.45, 7) is 5.02. The molecule has 0 fully saturated rings. The lowest BCUT2D eigenvalue weighted by molar-refractivity contribution is 0.635. The molecule has 8 aromatic carbocycles. The molecule has 2 heterocycles. The Morgan fingerprint density at radius 2 is 0.788 bits per heavy atom. The molecular weight excluding hydrogens is 649 g/mol. The van der Waals surface area contributed by atoms with Crippen LogP contribution in [0.5, 0.6) is 0 Å². The smallest absolute Gasteiger partial charge is 0.137 e. The summed E-state index contributed by atoms with van der Waals surface area (Å²) in [6, 6.07) is 65.2. The summed E-state index contributed by atoms with van der Waals surface area (Å²) in [6.07, 6.45) is 0.